The van der Waals surface area contributed by atoms with E-state index in [0.29, 0.717) is 12.2 Å². The minimum atomic E-state index is -0.573. The summed E-state index contributed by atoms with van der Waals surface area (Å²) in [5, 5.41) is 2.99. The molecule has 1 aromatic rings. The van der Waals surface area contributed by atoms with Crippen LogP contribution >= 0.6 is 0 Å². The molecule has 0 aliphatic heterocycles. The maximum absolute atomic E-state index is 13.1. The fraction of sp³-hybridized carbons (Fsp3) is 0.538. The molecule has 0 fully saturated rings. The van der Waals surface area contributed by atoms with Crippen LogP contribution in [0.2, 0.25) is 0 Å². The van der Waals surface area contributed by atoms with Crippen molar-refractivity contribution in [2.75, 3.05) is 13.7 Å². The highest BCUT2D eigenvalue weighted by molar-refractivity contribution is 5.21. The smallest absolute Gasteiger partial charge is 0.126 e. The van der Waals surface area contributed by atoms with Crippen molar-refractivity contribution >= 4 is 0 Å². The summed E-state index contributed by atoms with van der Waals surface area (Å²) in [6, 6.07) is 3.27. The molecule has 0 saturated carbocycles. The third-order valence-corrected chi connectivity index (χ3v) is 2.32. The molecule has 0 spiro atoms. The Balaban J connectivity index is 2.79. The van der Waals surface area contributed by atoms with Gasteiger partial charge in [0, 0.05) is 6.07 Å². The van der Waals surface area contributed by atoms with Crippen LogP contribution < -0.4 is 5.32 Å². The van der Waals surface area contributed by atoms with E-state index < -0.39 is 11.6 Å². The molecule has 1 N–H and O–H groups in total. The SMILES string of the molecule is CNC(COC(C)(C)C)c1cc(F)cc(F)c1. The van der Waals surface area contributed by atoms with Crippen molar-refractivity contribution in [3.8, 4) is 0 Å². The van der Waals surface area contributed by atoms with Crippen LogP contribution in [0.4, 0.5) is 8.78 Å². The first-order valence-corrected chi connectivity index (χ1v) is 5.59. The second-order valence-corrected chi connectivity index (χ2v) is 4.97. The van der Waals surface area contributed by atoms with Crippen molar-refractivity contribution in [2.45, 2.75) is 32.4 Å². The van der Waals surface area contributed by atoms with Crippen molar-refractivity contribution in [1.29, 1.82) is 0 Å². The van der Waals surface area contributed by atoms with Crippen LogP contribution in [-0.2, 0) is 4.74 Å². The minimum Gasteiger partial charge on any atom is -0.374 e. The Morgan fingerprint density at radius 3 is 2.12 bits per heavy atom. The van der Waals surface area contributed by atoms with Gasteiger partial charge in [0.25, 0.3) is 0 Å². The van der Waals surface area contributed by atoms with Crippen LogP contribution in [0.25, 0.3) is 0 Å². The summed E-state index contributed by atoms with van der Waals surface area (Å²) in [6.45, 7) is 6.17. The van der Waals surface area contributed by atoms with Crippen molar-refractivity contribution < 1.29 is 13.5 Å². The largest absolute Gasteiger partial charge is 0.374 e. The Hall–Kier alpha value is -1.00. The Labute approximate surface area is 101 Å². The number of halogens is 2. The van der Waals surface area contributed by atoms with E-state index in [4.69, 9.17) is 4.74 Å². The average molecular weight is 243 g/mol. The number of nitrogens with one attached hydrogen (secondary N) is 1. The topological polar surface area (TPSA) is 21.3 Å². The number of benzene rings is 1. The Bertz CT molecular complexity index is 354. The van der Waals surface area contributed by atoms with Gasteiger partial charge in [-0.3, -0.25) is 0 Å². The Kier molecular flexibility index (Phi) is 4.60. The zero-order valence-electron chi connectivity index (χ0n) is 10.7. The van der Waals surface area contributed by atoms with Gasteiger partial charge in [-0.05, 0) is 45.5 Å². The van der Waals surface area contributed by atoms with Crippen LogP contribution in [0.5, 0.6) is 0 Å². The first-order chi connectivity index (χ1) is 7.81. The van der Waals surface area contributed by atoms with Crippen LogP contribution in [0.1, 0.15) is 32.4 Å². The van der Waals surface area contributed by atoms with Gasteiger partial charge in [-0.25, -0.2) is 8.78 Å². The molecule has 0 aromatic heterocycles. The van der Waals surface area contributed by atoms with Gasteiger partial charge in [0.05, 0.1) is 18.2 Å². The molecule has 1 atom stereocenters. The van der Waals surface area contributed by atoms with Crippen LogP contribution in [0, 0.1) is 11.6 Å². The summed E-state index contributed by atoms with van der Waals surface area (Å²) in [4.78, 5) is 0. The van der Waals surface area contributed by atoms with Crippen LogP contribution in [-0.4, -0.2) is 19.3 Å². The number of ether oxygens (including phenoxy) is 1. The molecule has 0 heterocycles. The highest BCUT2D eigenvalue weighted by Gasteiger charge is 2.16. The van der Waals surface area contributed by atoms with E-state index in [0.717, 1.165) is 6.07 Å². The molecule has 2 nitrogen and oxygen atoms in total. The van der Waals surface area contributed by atoms with Gasteiger partial charge >= 0.3 is 0 Å². The lowest BCUT2D eigenvalue weighted by atomic mass is 10.1. The number of hydrogen-bond donors (Lipinski definition) is 1. The molecular weight excluding hydrogens is 224 g/mol. The van der Waals surface area contributed by atoms with Crippen molar-refractivity contribution in [3.05, 3.63) is 35.4 Å². The zero-order valence-corrected chi connectivity index (χ0v) is 10.7. The second kappa shape index (κ2) is 5.56. The van der Waals surface area contributed by atoms with Crippen molar-refractivity contribution in [3.63, 3.8) is 0 Å². The molecule has 0 amide bonds. The maximum Gasteiger partial charge on any atom is 0.126 e. The molecular formula is C13H19F2NO. The first-order valence-electron chi connectivity index (χ1n) is 5.59. The summed E-state index contributed by atoms with van der Waals surface area (Å²) in [5.74, 6) is -1.15. The molecule has 96 valence electrons. The fourth-order valence-electron chi connectivity index (χ4n) is 1.46. The van der Waals surface area contributed by atoms with Gasteiger partial charge in [-0.1, -0.05) is 0 Å². The van der Waals surface area contributed by atoms with E-state index in [2.05, 4.69) is 5.32 Å². The second-order valence-electron chi connectivity index (χ2n) is 4.97. The molecule has 4 heteroatoms. The Morgan fingerprint density at radius 2 is 1.71 bits per heavy atom. The number of hydrogen-bond acceptors (Lipinski definition) is 2. The summed E-state index contributed by atoms with van der Waals surface area (Å²) in [7, 11) is 1.74. The normalized spacial score (nSPS) is 13.8. The summed E-state index contributed by atoms with van der Waals surface area (Å²) >= 11 is 0. The van der Waals surface area contributed by atoms with Crippen molar-refractivity contribution in [1.82, 2.24) is 5.32 Å². The van der Waals surface area contributed by atoms with Gasteiger partial charge in [-0.2, -0.15) is 0 Å². The molecule has 17 heavy (non-hydrogen) atoms. The van der Waals surface area contributed by atoms with Gasteiger partial charge in [0.1, 0.15) is 11.6 Å². The monoisotopic (exact) mass is 243 g/mol. The minimum absolute atomic E-state index is 0.223. The lowest BCUT2D eigenvalue weighted by Gasteiger charge is -2.24. The summed E-state index contributed by atoms with van der Waals surface area (Å²) < 4.78 is 31.8. The van der Waals surface area contributed by atoms with E-state index in [1.807, 2.05) is 20.8 Å². The van der Waals surface area contributed by atoms with Gasteiger partial charge < -0.3 is 10.1 Å². The van der Waals surface area contributed by atoms with Gasteiger partial charge in [0.2, 0.25) is 0 Å². The third kappa shape index (κ3) is 4.79. The van der Waals surface area contributed by atoms with Crippen LogP contribution in [0.3, 0.4) is 0 Å². The van der Waals surface area contributed by atoms with E-state index in [1.54, 1.807) is 7.05 Å². The van der Waals surface area contributed by atoms with E-state index in [-0.39, 0.29) is 11.6 Å². The van der Waals surface area contributed by atoms with Crippen molar-refractivity contribution in [2.24, 2.45) is 0 Å². The fourth-order valence-corrected chi connectivity index (χ4v) is 1.46. The Morgan fingerprint density at radius 1 is 1.18 bits per heavy atom. The predicted molar refractivity (Wildman–Crippen MR) is 63.9 cm³/mol. The zero-order chi connectivity index (χ0) is 13.1. The predicted octanol–water partition coefficient (Wildman–Crippen LogP) is 3.04. The molecule has 1 unspecified atom stereocenters. The highest BCUT2D eigenvalue weighted by Crippen LogP contribution is 2.19. The average Bonchev–Trinajstić information content (AvgIpc) is 2.15. The molecule has 0 aliphatic rings. The first kappa shape index (κ1) is 14.1. The lowest BCUT2D eigenvalue weighted by molar-refractivity contribution is -0.0139. The van der Waals surface area contributed by atoms with E-state index in [9.17, 15) is 8.78 Å². The van der Waals surface area contributed by atoms with E-state index >= 15 is 0 Å². The van der Waals surface area contributed by atoms with Gasteiger partial charge in [-0.15, -0.1) is 0 Å². The maximum atomic E-state index is 13.1. The lowest BCUT2D eigenvalue weighted by Crippen LogP contribution is -2.28. The molecule has 0 saturated heterocycles. The third-order valence-electron chi connectivity index (χ3n) is 2.32. The highest BCUT2D eigenvalue weighted by atomic mass is 19.1. The molecule has 0 aliphatic carbocycles. The summed E-state index contributed by atoms with van der Waals surface area (Å²) in [5.41, 5.74) is 0.273. The summed E-state index contributed by atoms with van der Waals surface area (Å²) in [6.07, 6.45) is 0. The molecule has 1 aromatic carbocycles. The standard InChI is InChI=1S/C13H19F2NO/c1-13(2,3)17-8-12(16-4)9-5-10(14)7-11(15)6-9/h5-7,12,16H,8H2,1-4H3. The quantitative estimate of drug-likeness (QED) is 0.877. The number of rotatable bonds is 4. The molecule has 1 rings (SSSR count). The van der Waals surface area contributed by atoms with Gasteiger partial charge in [0.15, 0.2) is 0 Å². The number of likely N-dealkylation sites (N-methyl/N-ethyl adjacent to an activating group) is 1. The molecule has 0 bridgehead atoms. The molecule has 0 radical (unpaired) electrons. The van der Waals surface area contributed by atoms with Crippen LogP contribution in [0.15, 0.2) is 18.2 Å². The van der Waals surface area contributed by atoms with E-state index in [1.165, 1.54) is 12.1 Å².